The molecule has 2 heterocycles. The van der Waals surface area contributed by atoms with Gasteiger partial charge in [-0.15, -0.1) is 0 Å². The number of benzene rings is 1. The number of aliphatic hydroxyl groups is 1. The third-order valence-electron chi connectivity index (χ3n) is 3.83. The van der Waals surface area contributed by atoms with Gasteiger partial charge in [0.15, 0.2) is 0 Å². The predicted octanol–water partition coefficient (Wildman–Crippen LogP) is 1.76. The van der Waals surface area contributed by atoms with Gasteiger partial charge in [-0.1, -0.05) is 11.6 Å². The molecule has 0 unspecified atom stereocenters. The van der Waals surface area contributed by atoms with Crippen molar-refractivity contribution < 1.29 is 18.4 Å². The van der Waals surface area contributed by atoms with E-state index >= 15 is 0 Å². The number of sulfone groups is 1. The molecule has 10 nitrogen and oxygen atoms in total. The summed E-state index contributed by atoms with van der Waals surface area (Å²) in [6.45, 7) is 1.73. The highest BCUT2D eigenvalue weighted by molar-refractivity contribution is 7.90. The number of hydrogen-bond acceptors (Lipinski definition) is 9. The largest absolute Gasteiger partial charge is 0.386 e. The molecule has 1 aromatic heterocycles. The lowest BCUT2D eigenvalue weighted by Gasteiger charge is -2.44. The number of β-amino-alcohol motifs (C(OH)–C–C–N with tert-alkyl or cyclic N) is 1. The fourth-order valence-electron chi connectivity index (χ4n) is 2.66. The number of nitrogens with zero attached hydrogens (tertiary/aromatic N) is 4. The zero-order valence-electron chi connectivity index (χ0n) is 14.4. The molecule has 0 amide bonds. The van der Waals surface area contributed by atoms with Gasteiger partial charge in [0.2, 0.25) is 21.5 Å². The number of rotatable bonds is 5. The maximum atomic E-state index is 12.0. The first kappa shape index (κ1) is 19.3. The van der Waals surface area contributed by atoms with E-state index in [1.165, 1.54) is 4.90 Å². The summed E-state index contributed by atoms with van der Waals surface area (Å²) in [7, 11) is -3.83. The van der Waals surface area contributed by atoms with E-state index < -0.39 is 31.2 Å². The molecule has 1 fully saturated rings. The Morgan fingerprint density at radius 3 is 2.37 bits per heavy atom. The predicted molar refractivity (Wildman–Crippen MR) is 99.4 cm³/mol. The van der Waals surface area contributed by atoms with Crippen molar-refractivity contribution in [3.8, 4) is 0 Å². The molecule has 144 valence electrons. The molecule has 0 spiro atoms. The van der Waals surface area contributed by atoms with E-state index in [0.29, 0.717) is 10.7 Å². The van der Waals surface area contributed by atoms with Crippen LogP contribution >= 0.6 is 11.6 Å². The first-order valence-corrected chi connectivity index (χ1v) is 10.00. The van der Waals surface area contributed by atoms with E-state index in [1.807, 2.05) is 0 Å². The van der Waals surface area contributed by atoms with Crippen LogP contribution in [0.25, 0.3) is 0 Å². The molecule has 0 radical (unpaired) electrons. The Hall–Kier alpha value is -2.50. The van der Waals surface area contributed by atoms with E-state index in [0.717, 1.165) is 6.26 Å². The molecule has 12 heteroatoms. The molecule has 2 N–H and O–H groups in total. The van der Waals surface area contributed by atoms with E-state index in [4.69, 9.17) is 11.6 Å². The maximum Gasteiger partial charge on any atom is 0.353 e. The quantitative estimate of drug-likeness (QED) is 0.426. The molecule has 3 rings (SSSR count). The minimum Gasteiger partial charge on any atom is -0.386 e. The zero-order valence-corrected chi connectivity index (χ0v) is 16.0. The number of nitro groups is 1. The van der Waals surface area contributed by atoms with Crippen LogP contribution in [0.4, 0.5) is 23.0 Å². The van der Waals surface area contributed by atoms with Crippen LogP contribution in [0.15, 0.2) is 29.4 Å². The summed E-state index contributed by atoms with van der Waals surface area (Å²) in [6, 6.07) is 6.29. The van der Waals surface area contributed by atoms with Crippen LogP contribution in [0.2, 0.25) is 5.02 Å². The summed E-state index contributed by atoms with van der Waals surface area (Å²) >= 11 is 5.83. The summed E-state index contributed by atoms with van der Waals surface area (Å²) in [5.74, 6) is -0.433. The fraction of sp³-hybridized carbons (Fsp3) is 0.333. The third kappa shape index (κ3) is 4.10. The molecule has 1 aliphatic heterocycles. The summed E-state index contributed by atoms with van der Waals surface area (Å²) in [6.07, 6.45) is 0.913. The Morgan fingerprint density at radius 2 is 1.89 bits per heavy atom. The smallest absolute Gasteiger partial charge is 0.353 e. The van der Waals surface area contributed by atoms with Gasteiger partial charge in [-0.25, -0.2) is 8.42 Å². The van der Waals surface area contributed by atoms with Crippen LogP contribution in [-0.4, -0.2) is 53.4 Å². The minimum absolute atomic E-state index is 0.0778. The second kappa shape index (κ2) is 6.59. The Morgan fingerprint density at radius 1 is 1.30 bits per heavy atom. The molecule has 0 aliphatic carbocycles. The molecule has 0 saturated carbocycles. The molecule has 0 bridgehead atoms. The van der Waals surface area contributed by atoms with Gasteiger partial charge in [0.25, 0.3) is 5.16 Å². The number of anilines is 3. The molecule has 1 aliphatic rings. The van der Waals surface area contributed by atoms with Crippen LogP contribution in [0.5, 0.6) is 0 Å². The van der Waals surface area contributed by atoms with Gasteiger partial charge < -0.3 is 15.3 Å². The van der Waals surface area contributed by atoms with Crippen molar-refractivity contribution in [2.45, 2.75) is 17.7 Å². The van der Waals surface area contributed by atoms with Crippen LogP contribution < -0.4 is 10.2 Å². The number of aromatic nitrogens is 2. The molecule has 0 atom stereocenters. The lowest BCUT2D eigenvalue weighted by molar-refractivity contribution is -0.383. The SMILES string of the molecule is CC1(O)CN(c2nc(S(C)(=O)=O)nc(Nc3ccc(Cl)cc3)c2[N+](=O)[O-])C1. The van der Waals surface area contributed by atoms with Crippen molar-refractivity contribution in [3.05, 3.63) is 39.4 Å². The lowest BCUT2D eigenvalue weighted by Crippen LogP contribution is -2.60. The Bertz CT molecular complexity index is 1000. The van der Waals surface area contributed by atoms with Crippen molar-refractivity contribution in [3.63, 3.8) is 0 Å². The lowest BCUT2D eigenvalue weighted by atomic mass is 9.97. The molecule has 27 heavy (non-hydrogen) atoms. The van der Waals surface area contributed by atoms with Crippen molar-refractivity contribution in [2.75, 3.05) is 29.6 Å². The summed E-state index contributed by atoms with van der Waals surface area (Å²) in [5.41, 5.74) is -1.08. The van der Waals surface area contributed by atoms with Crippen molar-refractivity contribution in [1.82, 2.24) is 9.97 Å². The molecular weight excluding hydrogens is 398 g/mol. The summed E-state index contributed by atoms with van der Waals surface area (Å²) in [4.78, 5) is 20.2. The Kier molecular flexibility index (Phi) is 4.70. The highest BCUT2D eigenvalue weighted by atomic mass is 35.5. The normalized spacial score (nSPS) is 15.9. The number of nitrogens with one attached hydrogen (secondary N) is 1. The van der Waals surface area contributed by atoms with Gasteiger partial charge in [-0.2, -0.15) is 9.97 Å². The average Bonchev–Trinajstić information content (AvgIpc) is 2.52. The Labute approximate surface area is 159 Å². The van der Waals surface area contributed by atoms with Gasteiger partial charge in [-0.05, 0) is 31.2 Å². The topological polar surface area (TPSA) is 139 Å². The first-order valence-electron chi connectivity index (χ1n) is 7.73. The third-order valence-corrected chi connectivity index (χ3v) is 4.93. The van der Waals surface area contributed by atoms with Crippen molar-refractivity contribution in [1.29, 1.82) is 0 Å². The highest BCUT2D eigenvalue weighted by Crippen LogP contribution is 2.38. The molecular formula is C15H16ClN5O5S. The van der Waals surface area contributed by atoms with E-state index in [2.05, 4.69) is 15.3 Å². The molecule has 1 aromatic carbocycles. The van der Waals surface area contributed by atoms with Crippen molar-refractivity contribution in [2.24, 2.45) is 0 Å². The van der Waals surface area contributed by atoms with Crippen LogP contribution in [0, 0.1) is 10.1 Å². The number of halogens is 1. The van der Waals surface area contributed by atoms with E-state index in [1.54, 1.807) is 31.2 Å². The van der Waals surface area contributed by atoms with Gasteiger partial charge in [0.05, 0.1) is 10.5 Å². The van der Waals surface area contributed by atoms with E-state index in [9.17, 15) is 23.6 Å². The van der Waals surface area contributed by atoms with E-state index in [-0.39, 0.29) is 24.7 Å². The van der Waals surface area contributed by atoms with Gasteiger partial charge in [0, 0.05) is 30.1 Å². The molecule has 1 saturated heterocycles. The van der Waals surface area contributed by atoms with Crippen LogP contribution in [0.1, 0.15) is 6.92 Å². The highest BCUT2D eigenvalue weighted by Gasteiger charge is 2.42. The van der Waals surface area contributed by atoms with Crippen molar-refractivity contribution >= 4 is 44.4 Å². The summed E-state index contributed by atoms with van der Waals surface area (Å²) in [5, 5.41) is 24.3. The summed E-state index contributed by atoms with van der Waals surface area (Å²) < 4.78 is 23.9. The second-order valence-electron chi connectivity index (χ2n) is 6.54. The molecule has 2 aromatic rings. The van der Waals surface area contributed by atoms with Crippen LogP contribution in [-0.2, 0) is 9.84 Å². The van der Waals surface area contributed by atoms with Gasteiger partial charge >= 0.3 is 5.69 Å². The zero-order chi connectivity index (χ0) is 20.0. The van der Waals surface area contributed by atoms with Crippen LogP contribution in [0.3, 0.4) is 0 Å². The van der Waals surface area contributed by atoms with Gasteiger partial charge in [0.1, 0.15) is 0 Å². The fourth-order valence-corrected chi connectivity index (χ4v) is 3.30. The Balaban J connectivity index is 2.14. The first-order chi connectivity index (χ1) is 12.5. The number of hydrogen-bond donors (Lipinski definition) is 2. The second-order valence-corrected chi connectivity index (χ2v) is 8.89. The van der Waals surface area contributed by atoms with Gasteiger partial charge in [-0.3, -0.25) is 10.1 Å². The average molecular weight is 414 g/mol. The standard InChI is InChI=1S/C15H16ClN5O5S/c1-15(22)7-20(8-15)13-11(21(23)24)12(18-14(19-13)27(2,25)26)17-10-5-3-9(16)4-6-10/h3-6,22H,7-8H2,1-2H3,(H,17,18,19). The maximum absolute atomic E-state index is 12.0. The monoisotopic (exact) mass is 413 g/mol. The minimum atomic E-state index is -3.83.